The molecule has 0 saturated carbocycles. The van der Waals surface area contributed by atoms with Crippen LogP contribution in [0.15, 0.2) is 17.0 Å². The van der Waals surface area contributed by atoms with Crippen molar-refractivity contribution >= 4 is 23.0 Å². The number of thiazole rings is 1. The van der Waals surface area contributed by atoms with Crippen LogP contribution in [0.1, 0.15) is 24.9 Å². The molecule has 0 spiro atoms. The zero-order chi connectivity index (χ0) is 12.8. The molecule has 2 aromatic heterocycles. The van der Waals surface area contributed by atoms with Crippen LogP contribution in [0.4, 0.5) is 11.6 Å². The second-order valence-corrected chi connectivity index (χ2v) is 4.61. The first-order chi connectivity index (χ1) is 8.81. The van der Waals surface area contributed by atoms with Crippen LogP contribution in [0.25, 0.3) is 0 Å². The Kier molecular flexibility index (Phi) is 4.46. The molecule has 0 aromatic carbocycles. The molecule has 5 nitrogen and oxygen atoms in total. The summed E-state index contributed by atoms with van der Waals surface area (Å²) in [5.41, 5.74) is 2.86. The summed E-state index contributed by atoms with van der Waals surface area (Å²) in [6.45, 7) is 2.81. The lowest BCUT2D eigenvalue weighted by atomic mass is 10.3. The van der Waals surface area contributed by atoms with E-state index < -0.39 is 0 Å². The maximum Gasteiger partial charge on any atom is 0.133 e. The van der Waals surface area contributed by atoms with Crippen LogP contribution in [-0.4, -0.2) is 22.0 Å². The molecule has 0 bridgehead atoms. The molecule has 0 radical (unpaired) electrons. The van der Waals surface area contributed by atoms with E-state index in [0.29, 0.717) is 6.54 Å². The highest BCUT2D eigenvalue weighted by Gasteiger charge is 2.03. The Morgan fingerprint density at radius 1 is 1.28 bits per heavy atom. The second-order valence-electron chi connectivity index (χ2n) is 3.89. The summed E-state index contributed by atoms with van der Waals surface area (Å²) in [4.78, 5) is 13.1. The molecule has 2 rings (SSSR count). The summed E-state index contributed by atoms with van der Waals surface area (Å²) < 4.78 is 0. The highest BCUT2D eigenvalue weighted by atomic mass is 32.1. The fourth-order valence-corrected chi connectivity index (χ4v) is 2.12. The van der Waals surface area contributed by atoms with Gasteiger partial charge in [-0.1, -0.05) is 6.92 Å². The van der Waals surface area contributed by atoms with E-state index in [9.17, 15) is 0 Å². The van der Waals surface area contributed by atoms with E-state index in [-0.39, 0.29) is 0 Å². The smallest absolute Gasteiger partial charge is 0.133 e. The van der Waals surface area contributed by atoms with Gasteiger partial charge in [0.05, 0.1) is 17.7 Å². The molecule has 6 heteroatoms. The number of anilines is 2. The summed E-state index contributed by atoms with van der Waals surface area (Å²) >= 11 is 1.60. The van der Waals surface area contributed by atoms with E-state index in [0.717, 1.165) is 36.0 Å². The molecule has 18 heavy (non-hydrogen) atoms. The van der Waals surface area contributed by atoms with Gasteiger partial charge in [-0.2, -0.15) is 0 Å². The molecule has 2 N–H and O–H groups in total. The van der Waals surface area contributed by atoms with Gasteiger partial charge in [-0.05, 0) is 6.42 Å². The molecule has 0 aliphatic rings. The molecule has 2 aromatic rings. The predicted molar refractivity (Wildman–Crippen MR) is 75.0 cm³/mol. The minimum Gasteiger partial charge on any atom is -0.373 e. The van der Waals surface area contributed by atoms with Crippen molar-refractivity contribution < 1.29 is 0 Å². The molecule has 0 amide bonds. The monoisotopic (exact) mass is 263 g/mol. The number of rotatable bonds is 6. The lowest BCUT2D eigenvalue weighted by molar-refractivity contribution is 0.834. The number of hydrogen-bond donors (Lipinski definition) is 2. The summed E-state index contributed by atoms with van der Waals surface area (Å²) in [5, 5.41) is 8.36. The second kappa shape index (κ2) is 6.30. The molecule has 0 unspecified atom stereocenters. The number of aryl methyl sites for hydroxylation is 1. The standard InChI is InChI=1S/C12H17N5S/c1-3-4-10-16-11(13-2)5-12(17-10)14-6-9-7-18-8-15-9/h5,7-8H,3-4,6H2,1-2H3,(H2,13,14,16,17). The minimum atomic E-state index is 0.690. The average Bonchev–Trinajstić information content (AvgIpc) is 2.89. The van der Waals surface area contributed by atoms with Gasteiger partial charge < -0.3 is 10.6 Å². The van der Waals surface area contributed by atoms with Crippen LogP contribution >= 0.6 is 11.3 Å². The van der Waals surface area contributed by atoms with Crippen molar-refractivity contribution in [3.8, 4) is 0 Å². The topological polar surface area (TPSA) is 62.7 Å². The molecular formula is C12H17N5S. The van der Waals surface area contributed by atoms with Gasteiger partial charge in [-0.25, -0.2) is 15.0 Å². The van der Waals surface area contributed by atoms with Crippen molar-refractivity contribution in [2.75, 3.05) is 17.7 Å². The van der Waals surface area contributed by atoms with Crippen molar-refractivity contribution in [3.63, 3.8) is 0 Å². The van der Waals surface area contributed by atoms with Crippen LogP contribution in [-0.2, 0) is 13.0 Å². The van der Waals surface area contributed by atoms with E-state index in [1.807, 2.05) is 24.0 Å². The molecule has 0 saturated heterocycles. The Labute approximate surface area is 111 Å². The van der Waals surface area contributed by atoms with Gasteiger partial charge in [0.15, 0.2) is 0 Å². The van der Waals surface area contributed by atoms with E-state index in [2.05, 4.69) is 32.5 Å². The van der Waals surface area contributed by atoms with Crippen LogP contribution < -0.4 is 10.6 Å². The molecule has 0 aliphatic carbocycles. The summed E-state index contributed by atoms with van der Waals surface area (Å²) in [6.07, 6.45) is 1.93. The van der Waals surface area contributed by atoms with Crippen molar-refractivity contribution in [1.82, 2.24) is 15.0 Å². The van der Waals surface area contributed by atoms with Gasteiger partial charge in [0.2, 0.25) is 0 Å². The first-order valence-electron chi connectivity index (χ1n) is 5.98. The van der Waals surface area contributed by atoms with Gasteiger partial charge in [-0.3, -0.25) is 0 Å². The fraction of sp³-hybridized carbons (Fsp3) is 0.417. The lowest BCUT2D eigenvalue weighted by Gasteiger charge is -2.08. The van der Waals surface area contributed by atoms with Gasteiger partial charge in [0.25, 0.3) is 0 Å². The van der Waals surface area contributed by atoms with E-state index in [4.69, 9.17) is 0 Å². The quantitative estimate of drug-likeness (QED) is 0.838. The third-order valence-electron chi connectivity index (χ3n) is 2.44. The Bertz CT molecular complexity index is 483. The normalized spacial score (nSPS) is 10.3. The zero-order valence-corrected chi connectivity index (χ0v) is 11.4. The Morgan fingerprint density at radius 2 is 2.11 bits per heavy atom. The van der Waals surface area contributed by atoms with Gasteiger partial charge in [-0.15, -0.1) is 11.3 Å². The highest BCUT2D eigenvalue weighted by molar-refractivity contribution is 7.07. The average molecular weight is 263 g/mol. The third-order valence-corrected chi connectivity index (χ3v) is 3.07. The zero-order valence-electron chi connectivity index (χ0n) is 10.6. The molecular weight excluding hydrogens is 246 g/mol. The SMILES string of the molecule is CCCc1nc(NC)cc(NCc2cscn2)n1. The molecule has 2 heterocycles. The van der Waals surface area contributed by atoms with Crippen LogP contribution in [0.5, 0.6) is 0 Å². The Morgan fingerprint density at radius 3 is 2.78 bits per heavy atom. The summed E-state index contributed by atoms with van der Waals surface area (Å²) in [6, 6.07) is 1.91. The van der Waals surface area contributed by atoms with Crippen molar-refractivity contribution in [1.29, 1.82) is 0 Å². The van der Waals surface area contributed by atoms with E-state index in [1.54, 1.807) is 11.3 Å². The number of nitrogens with zero attached hydrogens (tertiary/aromatic N) is 3. The van der Waals surface area contributed by atoms with Gasteiger partial charge in [0.1, 0.15) is 17.5 Å². The largest absolute Gasteiger partial charge is 0.373 e. The highest BCUT2D eigenvalue weighted by Crippen LogP contribution is 2.13. The lowest BCUT2D eigenvalue weighted by Crippen LogP contribution is -2.06. The number of aromatic nitrogens is 3. The number of nitrogens with one attached hydrogen (secondary N) is 2. The first-order valence-corrected chi connectivity index (χ1v) is 6.92. The van der Waals surface area contributed by atoms with E-state index in [1.165, 1.54) is 0 Å². The van der Waals surface area contributed by atoms with Crippen LogP contribution in [0, 0.1) is 0 Å². The minimum absolute atomic E-state index is 0.690. The fourth-order valence-electron chi connectivity index (χ4n) is 1.56. The Balaban J connectivity index is 2.08. The van der Waals surface area contributed by atoms with Crippen molar-refractivity contribution in [2.45, 2.75) is 26.3 Å². The van der Waals surface area contributed by atoms with Crippen LogP contribution in [0.3, 0.4) is 0 Å². The third kappa shape index (κ3) is 3.40. The molecule has 96 valence electrons. The van der Waals surface area contributed by atoms with Gasteiger partial charge in [0, 0.05) is 24.9 Å². The summed E-state index contributed by atoms with van der Waals surface area (Å²) in [5.74, 6) is 2.55. The molecule has 0 aliphatic heterocycles. The number of hydrogen-bond acceptors (Lipinski definition) is 6. The maximum atomic E-state index is 4.48. The van der Waals surface area contributed by atoms with Crippen molar-refractivity contribution in [3.05, 3.63) is 28.5 Å². The Hall–Kier alpha value is -1.69. The van der Waals surface area contributed by atoms with Crippen LogP contribution in [0.2, 0.25) is 0 Å². The molecule has 0 atom stereocenters. The van der Waals surface area contributed by atoms with Crippen molar-refractivity contribution in [2.24, 2.45) is 0 Å². The summed E-state index contributed by atoms with van der Waals surface area (Å²) in [7, 11) is 1.86. The molecule has 0 fully saturated rings. The van der Waals surface area contributed by atoms with Gasteiger partial charge >= 0.3 is 0 Å². The predicted octanol–water partition coefficient (Wildman–Crippen LogP) is 2.54. The van der Waals surface area contributed by atoms with E-state index >= 15 is 0 Å². The first kappa shape index (κ1) is 12.8. The maximum absolute atomic E-state index is 4.48.